The number of halogens is 1. The van der Waals surface area contributed by atoms with Crippen LogP contribution < -0.4 is 4.90 Å². The van der Waals surface area contributed by atoms with Gasteiger partial charge in [0.2, 0.25) is 0 Å². The molecule has 2 aromatic rings. The number of hydrogen-bond acceptors (Lipinski definition) is 4. The summed E-state index contributed by atoms with van der Waals surface area (Å²) in [6.07, 6.45) is 3.40. The summed E-state index contributed by atoms with van der Waals surface area (Å²) in [5.74, 6) is 1.48. The fourth-order valence-electron chi connectivity index (χ4n) is 3.17. The highest BCUT2D eigenvalue weighted by atomic mass is 35.5. The van der Waals surface area contributed by atoms with Gasteiger partial charge in [-0.25, -0.2) is 14.8 Å². The molecule has 0 atom stereocenters. The molecule has 0 bridgehead atoms. The zero-order chi connectivity index (χ0) is 17.4. The molecule has 1 aliphatic carbocycles. The maximum Gasteiger partial charge on any atom is 0.407 e. The fourth-order valence-corrected chi connectivity index (χ4v) is 3.39. The van der Waals surface area contributed by atoms with Gasteiger partial charge in [-0.3, -0.25) is 0 Å². The predicted molar refractivity (Wildman–Crippen MR) is 96.3 cm³/mol. The van der Waals surface area contributed by atoms with Crippen LogP contribution in [-0.2, 0) is 0 Å². The minimum absolute atomic E-state index is 0.499. The van der Waals surface area contributed by atoms with Crippen molar-refractivity contribution in [2.24, 2.45) is 0 Å². The summed E-state index contributed by atoms with van der Waals surface area (Å²) in [6.45, 7) is 2.30. The monoisotopic (exact) mass is 358 g/mol. The average Bonchev–Trinajstić information content (AvgIpc) is 3.47. The Bertz CT molecular complexity index is 784. The molecule has 2 aromatic heterocycles. The summed E-state index contributed by atoms with van der Waals surface area (Å²) in [4.78, 5) is 23.5. The van der Waals surface area contributed by atoms with Crippen molar-refractivity contribution in [1.29, 1.82) is 0 Å². The molecule has 0 aromatic carbocycles. The van der Waals surface area contributed by atoms with E-state index in [1.165, 1.54) is 23.3 Å². The summed E-state index contributed by atoms with van der Waals surface area (Å²) in [5, 5.41) is 9.54. The van der Waals surface area contributed by atoms with Crippen LogP contribution in [-0.4, -0.2) is 52.2 Å². The number of anilines is 1. The molecule has 0 spiro atoms. The normalized spacial score (nSPS) is 17.6. The zero-order valence-corrected chi connectivity index (χ0v) is 14.5. The van der Waals surface area contributed by atoms with Crippen LogP contribution in [0.2, 0.25) is 5.15 Å². The van der Waals surface area contributed by atoms with E-state index in [9.17, 15) is 4.79 Å². The van der Waals surface area contributed by atoms with Crippen LogP contribution in [0.25, 0.3) is 11.3 Å². The number of carboxylic acid groups (broad SMARTS) is 1. The smallest absolute Gasteiger partial charge is 0.407 e. The number of hydrogen-bond donors (Lipinski definition) is 1. The minimum atomic E-state index is -0.860. The Labute approximate surface area is 151 Å². The molecule has 6 nitrogen and oxygen atoms in total. The SMILES string of the molecule is O=C(O)N1CCN(c2ccc(-c3cc(C4CC4)cc(Cl)n3)cn2)CC1. The quantitative estimate of drug-likeness (QED) is 0.851. The third-order valence-electron chi connectivity index (χ3n) is 4.78. The molecular formula is C18H19ClN4O2. The second kappa shape index (κ2) is 6.52. The Morgan fingerprint density at radius 3 is 2.52 bits per heavy atom. The molecule has 3 heterocycles. The molecule has 1 amide bonds. The first-order valence-electron chi connectivity index (χ1n) is 8.47. The van der Waals surface area contributed by atoms with E-state index >= 15 is 0 Å². The van der Waals surface area contributed by atoms with Crippen LogP contribution >= 0.6 is 11.6 Å². The number of pyridine rings is 2. The predicted octanol–water partition coefficient (Wildman–Crippen LogP) is 3.47. The molecule has 0 unspecified atom stereocenters. The highest BCUT2D eigenvalue weighted by molar-refractivity contribution is 6.29. The molecular weight excluding hydrogens is 340 g/mol. The highest BCUT2D eigenvalue weighted by Crippen LogP contribution is 2.41. The van der Waals surface area contributed by atoms with Gasteiger partial charge in [-0.1, -0.05) is 11.6 Å². The Kier molecular flexibility index (Phi) is 4.21. The Morgan fingerprint density at radius 2 is 1.92 bits per heavy atom. The summed E-state index contributed by atoms with van der Waals surface area (Å²) < 4.78 is 0. The summed E-state index contributed by atoms with van der Waals surface area (Å²) in [6, 6.07) is 8.02. The van der Waals surface area contributed by atoms with Gasteiger partial charge in [0.1, 0.15) is 11.0 Å². The third-order valence-corrected chi connectivity index (χ3v) is 4.98. The molecule has 130 valence electrons. The van der Waals surface area contributed by atoms with E-state index in [1.807, 2.05) is 24.4 Å². The van der Waals surface area contributed by atoms with Crippen molar-refractivity contribution in [1.82, 2.24) is 14.9 Å². The topological polar surface area (TPSA) is 69.6 Å². The van der Waals surface area contributed by atoms with Gasteiger partial charge in [0.15, 0.2) is 0 Å². The number of nitrogens with zero attached hydrogens (tertiary/aromatic N) is 4. The summed E-state index contributed by atoms with van der Waals surface area (Å²) >= 11 is 6.17. The van der Waals surface area contributed by atoms with Crippen LogP contribution in [0.1, 0.15) is 24.3 Å². The largest absolute Gasteiger partial charge is 0.465 e. The van der Waals surface area contributed by atoms with E-state index in [0.29, 0.717) is 37.3 Å². The van der Waals surface area contributed by atoms with E-state index in [1.54, 1.807) is 0 Å². The zero-order valence-electron chi connectivity index (χ0n) is 13.7. The van der Waals surface area contributed by atoms with Crippen molar-refractivity contribution in [3.8, 4) is 11.3 Å². The number of carbonyl (C=O) groups is 1. The lowest BCUT2D eigenvalue weighted by atomic mass is 10.1. The number of rotatable bonds is 3. The number of aromatic nitrogens is 2. The first kappa shape index (κ1) is 16.1. The average molecular weight is 359 g/mol. The molecule has 1 N–H and O–H groups in total. The lowest BCUT2D eigenvalue weighted by molar-refractivity contribution is 0.142. The van der Waals surface area contributed by atoms with Crippen LogP contribution in [0.4, 0.5) is 10.6 Å². The second-order valence-electron chi connectivity index (χ2n) is 6.54. The van der Waals surface area contributed by atoms with Crippen LogP contribution in [0, 0.1) is 0 Å². The Balaban J connectivity index is 1.50. The van der Waals surface area contributed by atoms with E-state index in [4.69, 9.17) is 16.7 Å². The van der Waals surface area contributed by atoms with Gasteiger partial charge in [-0.15, -0.1) is 0 Å². The molecule has 4 rings (SSSR count). The minimum Gasteiger partial charge on any atom is -0.465 e. The molecule has 1 aliphatic heterocycles. The van der Waals surface area contributed by atoms with E-state index in [-0.39, 0.29) is 0 Å². The van der Waals surface area contributed by atoms with Gasteiger partial charge in [0.05, 0.1) is 5.69 Å². The summed E-state index contributed by atoms with van der Waals surface area (Å²) in [7, 11) is 0. The van der Waals surface area contributed by atoms with Gasteiger partial charge in [-0.2, -0.15) is 0 Å². The Hall–Kier alpha value is -2.34. The van der Waals surface area contributed by atoms with Crippen LogP contribution in [0.5, 0.6) is 0 Å². The molecule has 2 fully saturated rings. The Morgan fingerprint density at radius 1 is 1.16 bits per heavy atom. The van der Waals surface area contributed by atoms with Gasteiger partial charge >= 0.3 is 6.09 Å². The third kappa shape index (κ3) is 3.54. The summed E-state index contributed by atoms with van der Waals surface area (Å²) in [5.41, 5.74) is 3.05. The van der Waals surface area contributed by atoms with Crippen molar-refractivity contribution in [2.75, 3.05) is 31.1 Å². The first-order valence-corrected chi connectivity index (χ1v) is 8.85. The molecule has 25 heavy (non-hydrogen) atoms. The van der Waals surface area contributed by atoms with Crippen molar-refractivity contribution in [2.45, 2.75) is 18.8 Å². The standard InChI is InChI=1S/C18H19ClN4O2/c19-16-10-14(12-1-2-12)9-15(21-16)13-3-4-17(20-11-13)22-5-7-23(8-6-22)18(24)25/h3-4,9-12H,1-2,5-8H2,(H,24,25). The fraction of sp³-hybridized carbons (Fsp3) is 0.389. The lowest BCUT2D eigenvalue weighted by Crippen LogP contribution is -2.48. The van der Waals surface area contributed by atoms with E-state index in [2.05, 4.69) is 20.9 Å². The van der Waals surface area contributed by atoms with Crippen molar-refractivity contribution in [3.05, 3.63) is 41.2 Å². The maximum absolute atomic E-state index is 11.0. The van der Waals surface area contributed by atoms with Gasteiger partial charge in [-0.05, 0) is 48.6 Å². The highest BCUT2D eigenvalue weighted by Gasteiger charge is 2.25. The molecule has 0 radical (unpaired) electrons. The van der Waals surface area contributed by atoms with Crippen LogP contribution in [0.3, 0.4) is 0 Å². The molecule has 7 heteroatoms. The van der Waals surface area contributed by atoms with E-state index in [0.717, 1.165) is 17.1 Å². The van der Waals surface area contributed by atoms with Crippen molar-refractivity contribution in [3.63, 3.8) is 0 Å². The molecule has 1 saturated carbocycles. The van der Waals surface area contributed by atoms with Gasteiger partial charge in [0, 0.05) is 37.9 Å². The van der Waals surface area contributed by atoms with Crippen LogP contribution in [0.15, 0.2) is 30.5 Å². The van der Waals surface area contributed by atoms with Crippen molar-refractivity contribution >= 4 is 23.5 Å². The number of amides is 1. The first-order chi connectivity index (χ1) is 12.1. The number of piperazine rings is 1. The molecule has 2 aliphatic rings. The lowest BCUT2D eigenvalue weighted by Gasteiger charge is -2.33. The van der Waals surface area contributed by atoms with Gasteiger partial charge < -0.3 is 14.9 Å². The maximum atomic E-state index is 11.0. The van der Waals surface area contributed by atoms with Gasteiger partial charge in [0.25, 0.3) is 0 Å². The van der Waals surface area contributed by atoms with E-state index < -0.39 is 6.09 Å². The second-order valence-corrected chi connectivity index (χ2v) is 6.93. The van der Waals surface area contributed by atoms with Crippen molar-refractivity contribution < 1.29 is 9.90 Å². The molecule has 1 saturated heterocycles.